The quantitative estimate of drug-likeness (QED) is 0.741. The third-order valence-corrected chi connectivity index (χ3v) is 5.25. The molecule has 18 heavy (non-hydrogen) atoms. The molecule has 0 saturated carbocycles. The Morgan fingerprint density at radius 3 is 2.00 bits per heavy atom. The number of rotatable bonds is 2. The third-order valence-electron chi connectivity index (χ3n) is 2.93. The van der Waals surface area contributed by atoms with Crippen LogP contribution in [-0.4, -0.2) is 11.5 Å². The summed E-state index contributed by atoms with van der Waals surface area (Å²) in [5, 5.41) is 2.28. The zero-order valence-electron chi connectivity index (χ0n) is 10.0. The van der Waals surface area contributed by atoms with Gasteiger partial charge in [-0.15, -0.1) is 23.5 Å². The van der Waals surface area contributed by atoms with Crippen molar-refractivity contribution in [3.63, 3.8) is 0 Å². The molecular formula is C16H14S2. The molecule has 0 radical (unpaired) electrons. The van der Waals surface area contributed by atoms with Crippen LogP contribution in [0.2, 0.25) is 0 Å². The molecule has 0 bridgehead atoms. The van der Waals surface area contributed by atoms with E-state index in [0.29, 0.717) is 0 Å². The Kier molecular flexibility index (Phi) is 3.77. The molecule has 0 aromatic heterocycles. The molecule has 0 amide bonds. The zero-order chi connectivity index (χ0) is 12.2. The van der Waals surface area contributed by atoms with Crippen LogP contribution in [0.25, 0.3) is 16.0 Å². The Bertz CT molecular complexity index is 541. The molecule has 1 aliphatic heterocycles. The van der Waals surface area contributed by atoms with Gasteiger partial charge in [-0.1, -0.05) is 54.6 Å². The minimum atomic E-state index is 1.22. The molecule has 1 heterocycles. The molecule has 0 fully saturated rings. The van der Waals surface area contributed by atoms with Gasteiger partial charge in [0.15, 0.2) is 0 Å². The molecule has 0 N–H and O–H groups in total. The monoisotopic (exact) mass is 270 g/mol. The van der Waals surface area contributed by atoms with E-state index in [0.717, 1.165) is 0 Å². The standard InChI is InChI=1S/C16H14S2/c1-2-4-13(5-3-1)14-6-8-15(9-7-14)16-12-17-10-11-18-16/h1-9,12H,10-11H2. The summed E-state index contributed by atoms with van der Waals surface area (Å²) in [4.78, 5) is 1.41. The summed E-state index contributed by atoms with van der Waals surface area (Å²) >= 11 is 3.87. The van der Waals surface area contributed by atoms with Gasteiger partial charge in [0.1, 0.15) is 0 Å². The molecule has 90 valence electrons. The largest absolute Gasteiger partial charge is 0.132 e. The Hall–Kier alpha value is -1.12. The summed E-state index contributed by atoms with van der Waals surface area (Å²) in [5.74, 6) is 2.45. The van der Waals surface area contributed by atoms with Crippen LogP contribution in [0, 0.1) is 0 Å². The minimum Gasteiger partial charge on any atom is -0.132 e. The van der Waals surface area contributed by atoms with E-state index in [2.05, 4.69) is 60.0 Å². The van der Waals surface area contributed by atoms with Gasteiger partial charge < -0.3 is 0 Å². The second kappa shape index (κ2) is 5.68. The minimum absolute atomic E-state index is 1.22. The van der Waals surface area contributed by atoms with Gasteiger partial charge >= 0.3 is 0 Å². The fraction of sp³-hybridized carbons (Fsp3) is 0.125. The van der Waals surface area contributed by atoms with Gasteiger partial charge in [0.25, 0.3) is 0 Å². The third kappa shape index (κ3) is 2.65. The van der Waals surface area contributed by atoms with E-state index < -0.39 is 0 Å². The Morgan fingerprint density at radius 2 is 1.33 bits per heavy atom. The molecule has 0 spiro atoms. The van der Waals surface area contributed by atoms with Gasteiger partial charge in [0.05, 0.1) is 0 Å². The highest BCUT2D eigenvalue weighted by atomic mass is 32.2. The fourth-order valence-corrected chi connectivity index (χ4v) is 4.10. The molecule has 1 aliphatic rings. The van der Waals surface area contributed by atoms with Crippen LogP contribution in [0.15, 0.2) is 60.0 Å². The maximum atomic E-state index is 2.28. The van der Waals surface area contributed by atoms with Crippen molar-refractivity contribution in [3.8, 4) is 11.1 Å². The fourth-order valence-electron chi connectivity index (χ4n) is 1.98. The van der Waals surface area contributed by atoms with Crippen molar-refractivity contribution in [2.75, 3.05) is 11.5 Å². The lowest BCUT2D eigenvalue weighted by Crippen LogP contribution is -1.90. The average molecular weight is 270 g/mol. The Balaban J connectivity index is 1.87. The first-order valence-corrected chi connectivity index (χ1v) is 8.07. The van der Waals surface area contributed by atoms with Crippen LogP contribution >= 0.6 is 23.5 Å². The van der Waals surface area contributed by atoms with Crippen molar-refractivity contribution < 1.29 is 0 Å². The zero-order valence-corrected chi connectivity index (χ0v) is 11.6. The first-order valence-electron chi connectivity index (χ1n) is 6.04. The molecule has 2 aromatic rings. The summed E-state index contributed by atoms with van der Waals surface area (Å²) in [6, 6.07) is 19.4. The lowest BCUT2D eigenvalue weighted by atomic mass is 10.0. The molecule has 0 nitrogen and oxygen atoms in total. The van der Waals surface area contributed by atoms with Gasteiger partial charge in [0.2, 0.25) is 0 Å². The average Bonchev–Trinajstić information content (AvgIpc) is 2.49. The summed E-state index contributed by atoms with van der Waals surface area (Å²) in [6.07, 6.45) is 0. The van der Waals surface area contributed by atoms with E-state index in [4.69, 9.17) is 0 Å². The van der Waals surface area contributed by atoms with Crippen LogP contribution < -0.4 is 0 Å². The first kappa shape index (κ1) is 11.9. The van der Waals surface area contributed by atoms with Gasteiger partial charge in [-0.3, -0.25) is 0 Å². The molecule has 0 atom stereocenters. The first-order chi connectivity index (χ1) is 8.93. The van der Waals surface area contributed by atoms with Crippen LogP contribution in [0.1, 0.15) is 5.56 Å². The van der Waals surface area contributed by atoms with E-state index in [-0.39, 0.29) is 0 Å². The van der Waals surface area contributed by atoms with Crippen LogP contribution in [-0.2, 0) is 0 Å². The second-order valence-electron chi connectivity index (χ2n) is 4.14. The van der Waals surface area contributed by atoms with E-state index in [1.54, 1.807) is 0 Å². The predicted molar refractivity (Wildman–Crippen MR) is 84.8 cm³/mol. The number of thioether (sulfide) groups is 2. The number of hydrogen-bond donors (Lipinski definition) is 0. The van der Waals surface area contributed by atoms with Crippen molar-refractivity contribution in [2.45, 2.75) is 0 Å². The summed E-state index contributed by atoms with van der Waals surface area (Å²) in [7, 11) is 0. The Morgan fingerprint density at radius 1 is 0.667 bits per heavy atom. The van der Waals surface area contributed by atoms with Crippen LogP contribution in [0.4, 0.5) is 0 Å². The van der Waals surface area contributed by atoms with Crippen LogP contribution in [0.5, 0.6) is 0 Å². The smallest absolute Gasteiger partial charge is 0.0208 e. The molecular weight excluding hydrogens is 256 g/mol. The molecule has 3 rings (SSSR count). The van der Waals surface area contributed by atoms with Crippen molar-refractivity contribution >= 4 is 28.4 Å². The van der Waals surface area contributed by atoms with Gasteiger partial charge in [0, 0.05) is 16.4 Å². The topological polar surface area (TPSA) is 0 Å². The van der Waals surface area contributed by atoms with Crippen molar-refractivity contribution in [3.05, 3.63) is 65.6 Å². The van der Waals surface area contributed by atoms with Gasteiger partial charge in [-0.2, -0.15) is 0 Å². The molecule has 2 aromatic carbocycles. The highest BCUT2D eigenvalue weighted by molar-refractivity contribution is 8.13. The lowest BCUT2D eigenvalue weighted by Gasteiger charge is -2.12. The lowest BCUT2D eigenvalue weighted by molar-refractivity contribution is 1.55. The number of hydrogen-bond acceptors (Lipinski definition) is 2. The normalized spacial score (nSPS) is 15.2. The van der Waals surface area contributed by atoms with Crippen molar-refractivity contribution in [2.24, 2.45) is 0 Å². The van der Waals surface area contributed by atoms with Gasteiger partial charge in [-0.25, -0.2) is 0 Å². The molecule has 0 unspecified atom stereocenters. The van der Waals surface area contributed by atoms with E-state index >= 15 is 0 Å². The second-order valence-corrected chi connectivity index (χ2v) is 6.26. The number of benzene rings is 2. The van der Waals surface area contributed by atoms with Crippen molar-refractivity contribution in [1.82, 2.24) is 0 Å². The summed E-state index contributed by atoms with van der Waals surface area (Å²) in [6.45, 7) is 0. The predicted octanol–water partition coefficient (Wildman–Crippen LogP) is 5.13. The maximum absolute atomic E-state index is 2.28. The van der Waals surface area contributed by atoms with Crippen LogP contribution in [0.3, 0.4) is 0 Å². The highest BCUT2D eigenvalue weighted by Crippen LogP contribution is 2.35. The van der Waals surface area contributed by atoms with Crippen molar-refractivity contribution in [1.29, 1.82) is 0 Å². The van der Waals surface area contributed by atoms with E-state index in [1.807, 2.05) is 23.5 Å². The Labute approximate surface area is 116 Å². The van der Waals surface area contributed by atoms with Gasteiger partial charge in [-0.05, 0) is 22.1 Å². The van der Waals surface area contributed by atoms with E-state index in [9.17, 15) is 0 Å². The molecule has 2 heteroatoms. The summed E-state index contributed by atoms with van der Waals surface area (Å²) in [5.41, 5.74) is 3.91. The SMILES string of the molecule is C1=C(c2ccc(-c3ccccc3)cc2)SCCS1. The maximum Gasteiger partial charge on any atom is 0.0208 e. The van der Waals surface area contributed by atoms with E-state index in [1.165, 1.54) is 33.1 Å². The summed E-state index contributed by atoms with van der Waals surface area (Å²) < 4.78 is 0. The highest BCUT2D eigenvalue weighted by Gasteiger charge is 2.07. The molecule has 0 aliphatic carbocycles. The molecule has 0 saturated heterocycles.